The quantitative estimate of drug-likeness (QED) is 0.857. The van der Waals surface area contributed by atoms with Gasteiger partial charge in [0.1, 0.15) is 0 Å². The van der Waals surface area contributed by atoms with Crippen LogP contribution in [0.2, 0.25) is 0 Å². The first-order chi connectivity index (χ1) is 8.25. The van der Waals surface area contributed by atoms with E-state index in [9.17, 15) is 0 Å². The third-order valence-corrected chi connectivity index (χ3v) is 3.34. The van der Waals surface area contributed by atoms with E-state index in [1.807, 2.05) is 0 Å². The molecule has 1 aliphatic rings. The molecule has 1 saturated heterocycles. The zero-order valence-electron chi connectivity index (χ0n) is 10.8. The van der Waals surface area contributed by atoms with Crippen molar-refractivity contribution in [2.75, 3.05) is 19.6 Å². The van der Waals surface area contributed by atoms with E-state index < -0.39 is 0 Å². The molecule has 2 heteroatoms. The van der Waals surface area contributed by atoms with Gasteiger partial charge in [-0.3, -0.25) is 4.90 Å². The summed E-state index contributed by atoms with van der Waals surface area (Å²) in [5.41, 5.74) is 1.28. The Morgan fingerprint density at radius 3 is 2.82 bits per heavy atom. The van der Waals surface area contributed by atoms with Crippen LogP contribution in [0.4, 0.5) is 0 Å². The molecule has 2 rings (SSSR count). The minimum Gasteiger partial charge on any atom is -0.311 e. The first-order valence-electron chi connectivity index (χ1n) is 6.45. The van der Waals surface area contributed by atoms with Gasteiger partial charge < -0.3 is 5.32 Å². The molecule has 0 bridgehead atoms. The van der Waals surface area contributed by atoms with Gasteiger partial charge in [0.05, 0.1) is 0 Å². The molecule has 0 amide bonds. The summed E-state index contributed by atoms with van der Waals surface area (Å²) in [5.74, 6) is 0. The molecule has 0 saturated carbocycles. The first kappa shape index (κ1) is 12.3. The van der Waals surface area contributed by atoms with Crippen molar-refractivity contribution in [1.29, 1.82) is 0 Å². The molecular weight excluding hydrogens is 208 g/mol. The number of hydrogen-bond donors (Lipinski definition) is 1. The van der Waals surface area contributed by atoms with Gasteiger partial charge in [0.2, 0.25) is 0 Å². The summed E-state index contributed by atoms with van der Waals surface area (Å²) >= 11 is 0. The van der Waals surface area contributed by atoms with Gasteiger partial charge in [-0.1, -0.05) is 42.5 Å². The number of benzene rings is 1. The van der Waals surface area contributed by atoms with Gasteiger partial charge in [-0.2, -0.15) is 0 Å². The van der Waals surface area contributed by atoms with E-state index in [-0.39, 0.29) is 0 Å². The van der Waals surface area contributed by atoms with Crippen LogP contribution >= 0.6 is 0 Å². The average molecular weight is 230 g/mol. The van der Waals surface area contributed by atoms with Crippen molar-refractivity contribution in [2.45, 2.75) is 25.9 Å². The van der Waals surface area contributed by atoms with Crippen molar-refractivity contribution in [3.8, 4) is 0 Å². The number of nitrogens with zero attached hydrogens (tertiary/aromatic N) is 1. The smallest absolute Gasteiger partial charge is 0.0196 e. The normalized spacial score (nSPS) is 26.5. The molecule has 0 unspecified atom stereocenters. The van der Waals surface area contributed by atoms with Crippen LogP contribution in [0.5, 0.6) is 0 Å². The third-order valence-electron chi connectivity index (χ3n) is 3.34. The van der Waals surface area contributed by atoms with Crippen LogP contribution in [0.25, 0.3) is 6.08 Å². The molecule has 2 atom stereocenters. The Labute approximate surface area is 104 Å². The van der Waals surface area contributed by atoms with E-state index >= 15 is 0 Å². The molecule has 0 aliphatic carbocycles. The van der Waals surface area contributed by atoms with Crippen LogP contribution in [0.15, 0.2) is 36.4 Å². The third kappa shape index (κ3) is 3.69. The summed E-state index contributed by atoms with van der Waals surface area (Å²) in [6.07, 6.45) is 4.48. The monoisotopic (exact) mass is 230 g/mol. The zero-order chi connectivity index (χ0) is 12.1. The van der Waals surface area contributed by atoms with Gasteiger partial charge in [-0.05, 0) is 19.4 Å². The highest BCUT2D eigenvalue weighted by Crippen LogP contribution is 2.07. The SMILES string of the molecule is C[C@H]1CN(C/C=C/c2ccccc2)[C@@H](C)CN1. The molecule has 1 aromatic rings. The highest BCUT2D eigenvalue weighted by molar-refractivity contribution is 5.48. The minimum absolute atomic E-state index is 0.608. The van der Waals surface area contributed by atoms with E-state index in [2.05, 4.69) is 66.5 Å². The van der Waals surface area contributed by atoms with Gasteiger partial charge in [-0.25, -0.2) is 0 Å². The van der Waals surface area contributed by atoms with E-state index in [4.69, 9.17) is 0 Å². The van der Waals surface area contributed by atoms with Gasteiger partial charge in [0.15, 0.2) is 0 Å². The lowest BCUT2D eigenvalue weighted by Crippen LogP contribution is -2.54. The molecule has 0 spiro atoms. The summed E-state index contributed by atoms with van der Waals surface area (Å²) in [6, 6.07) is 11.7. The van der Waals surface area contributed by atoms with Crippen molar-refractivity contribution < 1.29 is 0 Å². The first-order valence-corrected chi connectivity index (χ1v) is 6.45. The van der Waals surface area contributed by atoms with Gasteiger partial charge in [0, 0.05) is 31.7 Å². The fraction of sp³-hybridized carbons (Fsp3) is 0.467. The lowest BCUT2D eigenvalue weighted by molar-refractivity contribution is 0.163. The maximum Gasteiger partial charge on any atom is 0.0196 e. The highest BCUT2D eigenvalue weighted by atomic mass is 15.2. The molecule has 0 aromatic heterocycles. The number of rotatable bonds is 3. The van der Waals surface area contributed by atoms with Crippen molar-refractivity contribution in [1.82, 2.24) is 10.2 Å². The molecular formula is C15H22N2. The summed E-state index contributed by atoms with van der Waals surface area (Å²) in [5, 5.41) is 3.50. The van der Waals surface area contributed by atoms with E-state index in [1.54, 1.807) is 0 Å². The molecule has 1 heterocycles. The summed E-state index contributed by atoms with van der Waals surface area (Å²) < 4.78 is 0. The van der Waals surface area contributed by atoms with Gasteiger partial charge in [-0.15, -0.1) is 0 Å². The number of nitrogens with one attached hydrogen (secondary N) is 1. The lowest BCUT2D eigenvalue weighted by atomic mass is 10.1. The van der Waals surface area contributed by atoms with Crippen LogP contribution in [-0.2, 0) is 0 Å². The van der Waals surface area contributed by atoms with Crippen LogP contribution in [-0.4, -0.2) is 36.6 Å². The van der Waals surface area contributed by atoms with E-state index in [0.717, 1.165) is 19.6 Å². The number of piperazine rings is 1. The second kappa shape index (κ2) is 5.99. The summed E-state index contributed by atoms with van der Waals surface area (Å²) in [7, 11) is 0. The van der Waals surface area contributed by atoms with Crippen molar-refractivity contribution in [3.63, 3.8) is 0 Å². The molecule has 1 aliphatic heterocycles. The molecule has 0 radical (unpaired) electrons. The second-order valence-electron chi connectivity index (χ2n) is 4.93. The fourth-order valence-electron chi connectivity index (χ4n) is 2.24. The maximum atomic E-state index is 3.50. The summed E-state index contributed by atoms with van der Waals surface area (Å²) in [6.45, 7) is 7.82. The minimum atomic E-state index is 0.608. The van der Waals surface area contributed by atoms with Crippen molar-refractivity contribution >= 4 is 6.08 Å². The van der Waals surface area contributed by atoms with Crippen LogP contribution < -0.4 is 5.32 Å². The molecule has 1 N–H and O–H groups in total. The molecule has 17 heavy (non-hydrogen) atoms. The maximum absolute atomic E-state index is 3.50. The Hall–Kier alpha value is -1.12. The zero-order valence-corrected chi connectivity index (χ0v) is 10.8. The number of hydrogen-bond acceptors (Lipinski definition) is 2. The Balaban J connectivity index is 1.87. The summed E-state index contributed by atoms with van der Waals surface area (Å²) in [4.78, 5) is 2.53. The van der Waals surface area contributed by atoms with Crippen LogP contribution in [0.3, 0.4) is 0 Å². The topological polar surface area (TPSA) is 15.3 Å². The van der Waals surface area contributed by atoms with Crippen molar-refractivity contribution in [2.24, 2.45) is 0 Å². The average Bonchev–Trinajstić information content (AvgIpc) is 2.35. The van der Waals surface area contributed by atoms with E-state index in [0.29, 0.717) is 12.1 Å². The van der Waals surface area contributed by atoms with Crippen LogP contribution in [0, 0.1) is 0 Å². The largest absolute Gasteiger partial charge is 0.311 e. The molecule has 1 fully saturated rings. The molecule has 92 valence electrons. The van der Waals surface area contributed by atoms with Gasteiger partial charge in [0.25, 0.3) is 0 Å². The fourth-order valence-corrected chi connectivity index (χ4v) is 2.24. The Morgan fingerprint density at radius 1 is 1.29 bits per heavy atom. The highest BCUT2D eigenvalue weighted by Gasteiger charge is 2.20. The predicted octanol–water partition coefficient (Wildman–Crippen LogP) is 2.38. The standard InChI is InChI=1S/C15H22N2/c1-13-12-17(14(2)11-16-13)10-6-9-15-7-4-3-5-8-15/h3-9,13-14,16H,10-12H2,1-2H3/b9-6+/t13-,14-/m0/s1. The Morgan fingerprint density at radius 2 is 2.06 bits per heavy atom. The van der Waals surface area contributed by atoms with Crippen molar-refractivity contribution in [3.05, 3.63) is 42.0 Å². The van der Waals surface area contributed by atoms with E-state index in [1.165, 1.54) is 5.56 Å². The van der Waals surface area contributed by atoms with Gasteiger partial charge >= 0.3 is 0 Å². The molecule has 1 aromatic carbocycles. The Kier molecular flexibility index (Phi) is 4.35. The van der Waals surface area contributed by atoms with Crippen LogP contribution in [0.1, 0.15) is 19.4 Å². The second-order valence-corrected chi connectivity index (χ2v) is 4.93. The lowest BCUT2D eigenvalue weighted by Gasteiger charge is -2.36. The Bertz CT molecular complexity index is 358. The predicted molar refractivity (Wildman–Crippen MR) is 74.0 cm³/mol. The molecule has 2 nitrogen and oxygen atoms in total.